The van der Waals surface area contributed by atoms with Gasteiger partial charge in [-0.3, -0.25) is 9.00 Å². The molecular formula is C14H12BrClN2O2S. The summed E-state index contributed by atoms with van der Waals surface area (Å²) in [5.41, 5.74) is 6.54. The third-order valence-electron chi connectivity index (χ3n) is 2.59. The Balaban J connectivity index is 2.03. The van der Waals surface area contributed by atoms with Crippen molar-refractivity contribution in [2.75, 3.05) is 16.8 Å². The van der Waals surface area contributed by atoms with E-state index >= 15 is 0 Å². The Morgan fingerprint density at radius 1 is 1.29 bits per heavy atom. The van der Waals surface area contributed by atoms with E-state index in [2.05, 4.69) is 21.2 Å². The van der Waals surface area contributed by atoms with Gasteiger partial charge >= 0.3 is 0 Å². The minimum Gasteiger partial charge on any atom is -0.399 e. The summed E-state index contributed by atoms with van der Waals surface area (Å²) in [6.45, 7) is 0. The second kappa shape index (κ2) is 7.06. The first kappa shape index (κ1) is 16.0. The van der Waals surface area contributed by atoms with Crippen molar-refractivity contribution in [1.29, 1.82) is 0 Å². The number of benzene rings is 2. The molecule has 3 N–H and O–H groups in total. The number of nitrogens with one attached hydrogen (secondary N) is 1. The van der Waals surface area contributed by atoms with E-state index in [1.807, 2.05) is 6.07 Å². The van der Waals surface area contributed by atoms with Crippen molar-refractivity contribution in [3.8, 4) is 0 Å². The van der Waals surface area contributed by atoms with Crippen LogP contribution in [0.4, 0.5) is 11.4 Å². The third kappa shape index (κ3) is 4.56. The summed E-state index contributed by atoms with van der Waals surface area (Å²) in [7, 11) is -1.42. The monoisotopic (exact) mass is 386 g/mol. The van der Waals surface area contributed by atoms with Crippen molar-refractivity contribution in [3.05, 3.63) is 52.0 Å². The summed E-state index contributed by atoms with van der Waals surface area (Å²) in [5, 5.41) is 2.97. The summed E-state index contributed by atoms with van der Waals surface area (Å²) in [6.07, 6.45) is 0. The molecule has 110 valence electrons. The first-order valence-corrected chi connectivity index (χ1v) is 8.43. The van der Waals surface area contributed by atoms with Crippen LogP contribution in [-0.4, -0.2) is 15.9 Å². The Kier molecular flexibility index (Phi) is 5.39. The van der Waals surface area contributed by atoms with Crippen LogP contribution in [0.3, 0.4) is 0 Å². The standard InChI is InChI=1S/C14H12BrClN2O2S/c15-9-2-1-3-11(6-9)21(20)8-14(19)18-13-5-4-10(17)7-12(13)16/h1-7H,8,17H2,(H,18,19). The van der Waals surface area contributed by atoms with Crippen LogP contribution < -0.4 is 11.1 Å². The molecule has 2 rings (SSSR count). The summed E-state index contributed by atoms with van der Waals surface area (Å²) in [4.78, 5) is 12.5. The smallest absolute Gasteiger partial charge is 0.237 e. The molecule has 7 heteroatoms. The summed E-state index contributed by atoms with van der Waals surface area (Å²) < 4.78 is 12.9. The first-order chi connectivity index (χ1) is 9.95. The number of anilines is 2. The number of hydrogen-bond acceptors (Lipinski definition) is 3. The molecule has 2 aromatic rings. The van der Waals surface area contributed by atoms with E-state index < -0.39 is 10.8 Å². The second-order valence-electron chi connectivity index (χ2n) is 4.23. The number of nitrogens with two attached hydrogens (primary N) is 1. The van der Waals surface area contributed by atoms with E-state index in [1.165, 1.54) is 0 Å². The predicted octanol–water partition coefficient (Wildman–Crippen LogP) is 3.43. The molecule has 21 heavy (non-hydrogen) atoms. The lowest BCUT2D eigenvalue weighted by molar-refractivity contribution is -0.113. The fraction of sp³-hybridized carbons (Fsp3) is 0.0714. The van der Waals surface area contributed by atoms with Crippen LogP contribution in [0.5, 0.6) is 0 Å². The van der Waals surface area contributed by atoms with Crippen LogP contribution >= 0.6 is 27.5 Å². The van der Waals surface area contributed by atoms with Gasteiger partial charge in [0.25, 0.3) is 0 Å². The SMILES string of the molecule is Nc1ccc(NC(=O)CS(=O)c2cccc(Br)c2)c(Cl)c1. The summed E-state index contributed by atoms with van der Waals surface area (Å²) in [6, 6.07) is 11.8. The van der Waals surface area contributed by atoms with Crippen LogP contribution in [-0.2, 0) is 15.6 Å². The lowest BCUT2D eigenvalue weighted by atomic mass is 10.3. The molecule has 0 saturated carbocycles. The highest BCUT2D eigenvalue weighted by molar-refractivity contribution is 9.10. The molecule has 0 fully saturated rings. The molecule has 0 aliphatic rings. The Morgan fingerprint density at radius 2 is 2.05 bits per heavy atom. The minimum absolute atomic E-state index is 0.142. The van der Waals surface area contributed by atoms with Crippen molar-refractivity contribution >= 4 is 55.6 Å². The first-order valence-electron chi connectivity index (χ1n) is 5.94. The van der Waals surface area contributed by atoms with Crippen molar-refractivity contribution in [1.82, 2.24) is 0 Å². The third-order valence-corrected chi connectivity index (χ3v) is 4.70. The fourth-order valence-corrected chi connectivity index (χ4v) is 3.38. The number of hydrogen-bond donors (Lipinski definition) is 2. The molecule has 1 amide bonds. The number of amides is 1. The van der Waals surface area contributed by atoms with Crippen LogP contribution in [0, 0.1) is 0 Å². The van der Waals surface area contributed by atoms with Gasteiger partial charge in [0.15, 0.2) is 0 Å². The minimum atomic E-state index is -1.42. The lowest BCUT2D eigenvalue weighted by Crippen LogP contribution is -2.19. The van der Waals surface area contributed by atoms with E-state index in [1.54, 1.807) is 36.4 Å². The van der Waals surface area contributed by atoms with Gasteiger partial charge in [0.1, 0.15) is 5.75 Å². The zero-order valence-corrected chi connectivity index (χ0v) is 14.0. The summed E-state index contributed by atoms with van der Waals surface area (Å²) >= 11 is 9.27. The molecule has 0 bridgehead atoms. The molecule has 0 heterocycles. The Morgan fingerprint density at radius 3 is 2.71 bits per heavy atom. The molecule has 0 saturated heterocycles. The highest BCUT2D eigenvalue weighted by Gasteiger charge is 2.12. The quantitative estimate of drug-likeness (QED) is 0.789. The van der Waals surface area contributed by atoms with Gasteiger partial charge in [0.05, 0.1) is 21.5 Å². The van der Waals surface area contributed by atoms with Gasteiger partial charge in [0, 0.05) is 15.1 Å². The van der Waals surface area contributed by atoms with Crippen molar-refractivity contribution in [3.63, 3.8) is 0 Å². The van der Waals surface area contributed by atoms with Crippen molar-refractivity contribution in [2.45, 2.75) is 4.90 Å². The summed E-state index contributed by atoms with van der Waals surface area (Å²) in [5.74, 6) is -0.517. The number of nitrogen functional groups attached to an aromatic ring is 1. The van der Waals surface area contributed by atoms with Crippen LogP contribution in [0.15, 0.2) is 51.8 Å². The maximum atomic E-state index is 12.1. The van der Waals surface area contributed by atoms with Gasteiger partial charge in [0.2, 0.25) is 5.91 Å². The zero-order valence-electron chi connectivity index (χ0n) is 10.8. The van der Waals surface area contributed by atoms with Gasteiger partial charge in [-0.05, 0) is 36.4 Å². The molecule has 0 aromatic heterocycles. The lowest BCUT2D eigenvalue weighted by Gasteiger charge is -2.08. The van der Waals surface area contributed by atoms with Gasteiger partial charge in [-0.25, -0.2) is 0 Å². The maximum absolute atomic E-state index is 12.1. The highest BCUT2D eigenvalue weighted by atomic mass is 79.9. The van der Waals surface area contributed by atoms with E-state index in [0.29, 0.717) is 21.3 Å². The van der Waals surface area contributed by atoms with Crippen LogP contribution in [0.1, 0.15) is 0 Å². The maximum Gasteiger partial charge on any atom is 0.237 e. The van der Waals surface area contributed by atoms with Crippen molar-refractivity contribution in [2.24, 2.45) is 0 Å². The van der Waals surface area contributed by atoms with Gasteiger partial charge in [-0.2, -0.15) is 0 Å². The van der Waals surface area contributed by atoms with E-state index in [0.717, 1.165) is 4.47 Å². The molecule has 0 spiro atoms. The molecular weight excluding hydrogens is 376 g/mol. The van der Waals surface area contributed by atoms with Gasteiger partial charge in [-0.1, -0.05) is 33.6 Å². The van der Waals surface area contributed by atoms with E-state index in [-0.39, 0.29) is 11.7 Å². The highest BCUT2D eigenvalue weighted by Crippen LogP contribution is 2.24. The molecule has 0 radical (unpaired) electrons. The van der Waals surface area contributed by atoms with Gasteiger partial charge < -0.3 is 11.1 Å². The van der Waals surface area contributed by atoms with Crippen LogP contribution in [0.25, 0.3) is 0 Å². The molecule has 1 unspecified atom stereocenters. The zero-order chi connectivity index (χ0) is 15.4. The van der Waals surface area contributed by atoms with Crippen LogP contribution in [0.2, 0.25) is 5.02 Å². The average molecular weight is 388 g/mol. The molecule has 1 atom stereocenters. The number of carbonyl (C=O) groups is 1. The number of rotatable bonds is 4. The molecule has 0 aliphatic heterocycles. The normalized spacial score (nSPS) is 11.9. The Hall–Kier alpha value is -1.37. The average Bonchev–Trinajstić information content (AvgIpc) is 2.42. The van der Waals surface area contributed by atoms with E-state index in [9.17, 15) is 9.00 Å². The number of halogens is 2. The fourth-order valence-electron chi connectivity index (χ4n) is 1.63. The largest absolute Gasteiger partial charge is 0.399 e. The molecule has 4 nitrogen and oxygen atoms in total. The number of carbonyl (C=O) groups excluding carboxylic acids is 1. The molecule has 2 aromatic carbocycles. The van der Waals surface area contributed by atoms with E-state index in [4.69, 9.17) is 17.3 Å². The Labute approximate surface area is 138 Å². The predicted molar refractivity (Wildman–Crippen MR) is 89.9 cm³/mol. The molecule has 0 aliphatic carbocycles. The Bertz CT molecular complexity index is 709. The topological polar surface area (TPSA) is 72.2 Å². The van der Waals surface area contributed by atoms with Crippen molar-refractivity contribution < 1.29 is 9.00 Å². The van der Waals surface area contributed by atoms with Gasteiger partial charge in [-0.15, -0.1) is 0 Å². The second-order valence-corrected chi connectivity index (χ2v) is 7.01.